The minimum Gasteiger partial charge on any atom is -0.493 e. The van der Waals surface area contributed by atoms with E-state index in [4.69, 9.17) is 9.47 Å². The van der Waals surface area contributed by atoms with Gasteiger partial charge in [0.15, 0.2) is 11.5 Å². The number of ether oxygens (including phenoxy) is 2. The van der Waals surface area contributed by atoms with Crippen LogP contribution in [0.25, 0.3) is 0 Å². The molecule has 0 aliphatic heterocycles. The van der Waals surface area contributed by atoms with Gasteiger partial charge in [-0.2, -0.15) is 0 Å². The molecule has 0 radical (unpaired) electrons. The van der Waals surface area contributed by atoms with Crippen LogP contribution in [0.2, 0.25) is 0 Å². The molecule has 0 saturated heterocycles. The Morgan fingerprint density at radius 1 is 0.950 bits per heavy atom. The molecule has 0 aliphatic carbocycles. The summed E-state index contributed by atoms with van der Waals surface area (Å²) in [5.74, 6) is 0.730. The first-order chi connectivity index (χ1) is 9.58. The van der Waals surface area contributed by atoms with Crippen molar-refractivity contribution in [1.82, 2.24) is 0 Å². The van der Waals surface area contributed by atoms with Crippen LogP contribution in [-0.2, 0) is 11.2 Å². The Morgan fingerprint density at radius 3 is 2.25 bits per heavy atom. The van der Waals surface area contributed by atoms with Crippen molar-refractivity contribution in [2.24, 2.45) is 0 Å². The minimum absolute atomic E-state index is 0.247. The molecule has 0 bridgehead atoms. The Bertz CT molecular complexity index is 600. The van der Waals surface area contributed by atoms with E-state index in [1.54, 1.807) is 13.2 Å². The summed E-state index contributed by atoms with van der Waals surface area (Å²) in [5.41, 5.74) is 3.16. The van der Waals surface area contributed by atoms with Crippen molar-refractivity contribution < 1.29 is 14.3 Å². The van der Waals surface area contributed by atoms with E-state index >= 15 is 0 Å². The Morgan fingerprint density at radius 2 is 1.60 bits per heavy atom. The molecule has 2 aromatic rings. The van der Waals surface area contributed by atoms with E-state index in [9.17, 15) is 4.79 Å². The van der Waals surface area contributed by atoms with Crippen LogP contribution in [0.1, 0.15) is 16.7 Å². The topological polar surface area (TPSA) is 35.5 Å². The Balaban J connectivity index is 2.06. The average molecular weight is 270 g/mol. The van der Waals surface area contributed by atoms with Crippen molar-refractivity contribution in [3.05, 3.63) is 59.2 Å². The summed E-state index contributed by atoms with van der Waals surface area (Å²) in [6.07, 6.45) is 0.247. The molecular weight excluding hydrogens is 252 g/mol. The Kier molecular flexibility index (Phi) is 4.41. The molecule has 2 aromatic carbocycles. The molecule has 3 nitrogen and oxygen atoms in total. The van der Waals surface area contributed by atoms with Gasteiger partial charge in [0, 0.05) is 0 Å². The molecule has 3 heteroatoms. The second kappa shape index (κ2) is 6.24. The normalized spacial score (nSPS) is 10.2. The van der Waals surface area contributed by atoms with Crippen LogP contribution < -0.4 is 9.47 Å². The van der Waals surface area contributed by atoms with Crippen molar-refractivity contribution in [3.8, 4) is 11.5 Å². The van der Waals surface area contributed by atoms with Crippen molar-refractivity contribution >= 4 is 5.97 Å². The second-order valence-corrected chi connectivity index (χ2v) is 4.79. The van der Waals surface area contributed by atoms with Gasteiger partial charge in [-0.3, -0.25) is 4.79 Å². The van der Waals surface area contributed by atoms with Gasteiger partial charge in [0.25, 0.3) is 0 Å². The molecule has 0 aliphatic rings. The molecule has 0 atom stereocenters. The standard InChI is InChI=1S/C17H18O3/c1-12-4-7-14(8-5-12)11-17(18)20-15-9-6-13(2)10-16(15)19-3/h4-10H,11H2,1-3H3. The van der Waals surface area contributed by atoms with Crippen LogP contribution in [0.4, 0.5) is 0 Å². The zero-order valence-corrected chi connectivity index (χ0v) is 12.0. The number of aryl methyl sites for hydroxylation is 2. The van der Waals surface area contributed by atoms with Crippen molar-refractivity contribution in [3.63, 3.8) is 0 Å². The van der Waals surface area contributed by atoms with Crippen LogP contribution in [0.15, 0.2) is 42.5 Å². The Hall–Kier alpha value is -2.29. The van der Waals surface area contributed by atoms with Crippen molar-refractivity contribution in [1.29, 1.82) is 0 Å². The van der Waals surface area contributed by atoms with E-state index in [1.807, 2.05) is 50.2 Å². The lowest BCUT2D eigenvalue weighted by Crippen LogP contribution is -2.11. The molecule has 0 spiro atoms. The first-order valence-electron chi connectivity index (χ1n) is 6.49. The fraction of sp³-hybridized carbons (Fsp3) is 0.235. The zero-order valence-electron chi connectivity index (χ0n) is 12.0. The predicted molar refractivity (Wildman–Crippen MR) is 78.2 cm³/mol. The number of esters is 1. The number of benzene rings is 2. The van der Waals surface area contributed by atoms with Crippen LogP contribution >= 0.6 is 0 Å². The lowest BCUT2D eigenvalue weighted by molar-refractivity contribution is -0.133. The zero-order chi connectivity index (χ0) is 14.5. The summed E-state index contributed by atoms with van der Waals surface area (Å²) in [4.78, 5) is 11.9. The van der Waals surface area contributed by atoms with Gasteiger partial charge in [-0.25, -0.2) is 0 Å². The van der Waals surface area contributed by atoms with Gasteiger partial charge in [-0.05, 0) is 37.1 Å². The quantitative estimate of drug-likeness (QED) is 0.630. The summed E-state index contributed by atoms with van der Waals surface area (Å²) < 4.78 is 10.6. The SMILES string of the molecule is COc1cc(C)ccc1OC(=O)Cc1ccc(C)cc1. The van der Waals surface area contributed by atoms with Gasteiger partial charge in [0.05, 0.1) is 13.5 Å². The maximum absolute atomic E-state index is 11.9. The average Bonchev–Trinajstić information content (AvgIpc) is 2.43. The summed E-state index contributed by atoms with van der Waals surface area (Å²) >= 11 is 0. The molecular formula is C17H18O3. The summed E-state index contributed by atoms with van der Waals surface area (Å²) in [6, 6.07) is 13.3. The molecule has 0 fully saturated rings. The van der Waals surface area contributed by atoms with Crippen LogP contribution in [-0.4, -0.2) is 13.1 Å². The lowest BCUT2D eigenvalue weighted by Gasteiger charge is -2.10. The van der Waals surface area contributed by atoms with E-state index in [0.29, 0.717) is 11.5 Å². The monoisotopic (exact) mass is 270 g/mol. The molecule has 0 aromatic heterocycles. The van der Waals surface area contributed by atoms with Gasteiger partial charge in [-0.15, -0.1) is 0 Å². The van der Waals surface area contributed by atoms with Crippen molar-refractivity contribution in [2.75, 3.05) is 7.11 Å². The van der Waals surface area contributed by atoms with E-state index in [-0.39, 0.29) is 12.4 Å². The van der Waals surface area contributed by atoms with Gasteiger partial charge in [-0.1, -0.05) is 35.9 Å². The van der Waals surface area contributed by atoms with E-state index in [2.05, 4.69) is 0 Å². The third kappa shape index (κ3) is 3.60. The molecule has 0 N–H and O–H groups in total. The maximum atomic E-state index is 11.9. The number of carbonyl (C=O) groups excluding carboxylic acids is 1. The highest BCUT2D eigenvalue weighted by Gasteiger charge is 2.10. The number of methoxy groups -OCH3 is 1. The smallest absolute Gasteiger partial charge is 0.315 e. The number of hydrogen-bond acceptors (Lipinski definition) is 3. The summed E-state index contributed by atoms with van der Waals surface area (Å²) in [6.45, 7) is 3.97. The highest BCUT2D eigenvalue weighted by atomic mass is 16.6. The van der Waals surface area contributed by atoms with E-state index in [0.717, 1.165) is 11.1 Å². The summed E-state index contributed by atoms with van der Waals surface area (Å²) in [5, 5.41) is 0. The van der Waals surface area contributed by atoms with Crippen molar-refractivity contribution in [2.45, 2.75) is 20.3 Å². The summed E-state index contributed by atoms with van der Waals surface area (Å²) in [7, 11) is 1.56. The number of carbonyl (C=O) groups is 1. The van der Waals surface area contributed by atoms with Crippen LogP contribution in [0.3, 0.4) is 0 Å². The van der Waals surface area contributed by atoms with Gasteiger partial charge in [0.2, 0.25) is 0 Å². The third-order valence-corrected chi connectivity index (χ3v) is 3.01. The fourth-order valence-corrected chi connectivity index (χ4v) is 1.89. The molecule has 2 rings (SSSR count). The van der Waals surface area contributed by atoms with Crippen LogP contribution in [0.5, 0.6) is 11.5 Å². The molecule has 20 heavy (non-hydrogen) atoms. The van der Waals surface area contributed by atoms with Gasteiger partial charge >= 0.3 is 5.97 Å². The minimum atomic E-state index is -0.295. The van der Waals surface area contributed by atoms with E-state index < -0.39 is 0 Å². The lowest BCUT2D eigenvalue weighted by atomic mass is 10.1. The highest BCUT2D eigenvalue weighted by Crippen LogP contribution is 2.28. The highest BCUT2D eigenvalue weighted by molar-refractivity contribution is 5.76. The first kappa shape index (κ1) is 14.1. The molecule has 0 unspecified atom stereocenters. The number of hydrogen-bond donors (Lipinski definition) is 0. The molecule has 104 valence electrons. The Labute approximate surface area is 119 Å². The van der Waals surface area contributed by atoms with E-state index in [1.165, 1.54) is 5.56 Å². The predicted octanol–water partition coefficient (Wildman–Crippen LogP) is 3.46. The molecule has 0 amide bonds. The number of rotatable bonds is 4. The first-order valence-corrected chi connectivity index (χ1v) is 6.49. The largest absolute Gasteiger partial charge is 0.493 e. The second-order valence-electron chi connectivity index (χ2n) is 4.79. The molecule has 0 saturated carbocycles. The maximum Gasteiger partial charge on any atom is 0.315 e. The van der Waals surface area contributed by atoms with Crippen LogP contribution in [0, 0.1) is 13.8 Å². The van der Waals surface area contributed by atoms with Gasteiger partial charge < -0.3 is 9.47 Å². The molecule has 0 heterocycles. The third-order valence-electron chi connectivity index (χ3n) is 3.01. The fourth-order valence-electron chi connectivity index (χ4n) is 1.89. The van der Waals surface area contributed by atoms with Gasteiger partial charge in [0.1, 0.15) is 0 Å².